The van der Waals surface area contributed by atoms with Crippen LogP contribution in [0, 0.1) is 0 Å². The van der Waals surface area contributed by atoms with Gasteiger partial charge in [-0.1, -0.05) is 31.2 Å². The molecule has 0 spiro atoms. The summed E-state index contributed by atoms with van der Waals surface area (Å²) in [6.45, 7) is 5.12. The maximum Gasteiger partial charge on any atom is 0.157 e. The van der Waals surface area contributed by atoms with E-state index in [0.717, 1.165) is 49.8 Å². The fourth-order valence-corrected chi connectivity index (χ4v) is 4.24. The van der Waals surface area contributed by atoms with Crippen molar-refractivity contribution in [1.29, 1.82) is 0 Å². The van der Waals surface area contributed by atoms with Crippen molar-refractivity contribution in [3.8, 4) is 0 Å². The summed E-state index contributed by atoms with van der Waals surface area (Å²) in [5, 5.41) is 0. The van der Waals surface area contributed by atoms with E-state index in [2.05, 4.69) is 51.0 Å². The van der Waals surface area contributed by atoms with Gasteiger partial charge in [0.05, 0.1) is 0 Å². The maximum absolute atomic E-state index is 6.57. The monoisotopic (exact) mass is 337 g/mol. The topological polar surface area (TPSA) is 58.3 Å². The van der Waals surface area contributed by atoms with Crippen LogP contribution in [0.3, 0.4) is 0 Å². The zero-order valence-corrected chi connectivity index (χ0v) is 15.0. The van der Waals surface area contributed by atoms with Crippen molar-refractivity contribution in [1.82, 2.24) is 9.97 Å². The van der Waals surface area contributed by atoms with E-state index < -0.39 is 0 Å². The van der Waals surface area contributed by atoms with Crippen LogP contribution in [0.15, 0.2) is 30.6 Å². The second-order valence-corrected chi connectivity index (χ2v) is 7.13. The molecule has 25 heavy (non-hydrogen) atoms. The lowest BCUT2D eigenvalue weighted by molar-refractivity contribution is 0.447. The third-order valence-electron chi connectivity index (χ3n) is 5.64. The number of piperidine rings is 1. The number of aromatic nitrogens is 2. The first-order valence-corrected chi connectivity index (χ1v) is 9.46. The molecule has 0 bridgehead atoms. The molecule has 1 unspecified atom stereocenters. The fraction of sp³-hybridized carbons (Fsp3) is 0.500. The number of rotatable bonds is 3. The maximum atomic E-state index is 6.57. The first-order chi connectivity index (χ1) is 12.3. The van der Waals surface area contributed by atoms with Crippen LogP contribution in [0.25, 0.3) is 0 Å². The van der Waals surface area contributed by atoms with Crippen LogP contribution in [0.4, 0.5) is 17.3 Å². The Hall–Kier alpha value is -2.30. The van der Waals surface area contributed by atoms with Gasteiger partial charge in [0.2, 0.25) is 0 Å². The summed E-state index contributed by atoms with van der Waals surface area (Å²) in [5.74, 6) is 1.82. The smallest absolute Gasteiger partial charge is 0.157 e. The van der Waals surface area contributed by atoms with E-state index in [-0.39, 0.29) is 0 Å². The lowest BCUT2D eigenvalue weighted by Crippen LogP contribution is -2.40. The molecule has 132 valence electrons. The Morgan fingerprint density at radius 2 is 1.88 bits per heavy atom. The highest BCUT2D eigenvalue weighted by molar-refractivity contribution is 5.76. The molecule has 0 radical (unpaired) electrons. The van der Waals surface area contributed by atoms with Crippen molar-refractivity contribution in [2.75, 3.05) is 28.6 Å². The summed E-state index contributed by atoms with van der Waals surface area (Å²) in [5.41, 5.74) is 10.1. The number of nitrogens with two attached hydrogens (primary N) is 1. The molecule has 0 amide bonds. The number of anilines is 3. The van der Waals surface area contributed by atoms with Crippen LogP contribution in [0.5, 0.6) is 0 Å². The van der Waals surface area contributed by atoms with Gasteiger partial charge in [0.15, 0.2) is 11.6 Å². The number of benzene rings is 1. The van der Waals surface area contributed by atoms with Crippen molar-refractivity contribution in [2.24, 2.45) is 0 Å². The molecule has 5 heteroatoms. The molecular formula is C20H27N5. The lowest BCUT2D eigenvalue weighted by Gasteiger charge is -2.38. The largest absolute Gasteiger partial charge is 0.393 e. The molecule has 3 heterocycles. The van der Waals surface area contributed by atoms with Crippen LogP contribution in [0.1, 0.15) is 43.7 Å². The van der Waals surface area contributed by atoms with Crippen molar-refractivity contribution >= 4 is 17.3 Å². The van der Waals surface area contributed by atoms with E-state index in [1.54, 1.807) is 6.33 Å². The van der Waals surface area contributed by atoms with Gasteiger partial charge in [-0.15, -0.1) is 0 Å². The Bertz CT molecular complexity index is 745. The third kappa shape index (κ3) is 3.03. The number of nitrogens with zero attached hydrogens (tertiary/aromatic N) is 4. The number of hydrogen-bond donors (Lipinski definition) is 1. The fourth-order valence-electron chi connectivity index (χ4n) is 4.24. The van der Waals surface area contributed by atoms with Crippen LogP contribution >= 0.6 is 0 Å². The lowest BCUT2D eigenvalue weighted by atomic mass is 9.99. The molecule has 5 nitrogen and oxygen atoms in total. The van der Waals surface area contributed by atoms with Crippen LogP contribution < -0.4 is 15.5 Å². The molecule has 2 aliphatic rings. The summed E-state index contributed by atoms with van der Waals surface area (Å²) < 4.78 is 0. The van der Waals surface area contributed by atoms with E-state index >= 15 is 0 Å². The molecule has 1 aromatic heterocycles. The summed E-state index contributed by atoms with van der Waals surface area (Å²) in [4.78, 5) is 13.8. The van der Waals surface area contributed by atoms with Gasteiger partial charge in [-0.3, -0.25) is 0 Å². The van der Waals surface area contributed by atoms with Gasteiger partial charge in [0, 0.05) is 25.7 Å². The van der Waals surface area contributed by atoms with E-state index in [0.29, 0.717) is 6.04 Å². The average molecular weight is 337 g/mol. The molecule has 4 rings (SSSR count). The molecular weight excluding hydrogens is 310 g/mol. The quantitative estimate of drug-likeness (QED) is 0.930. The molecule has 0 aliphatic carbocycles. The zero-order valence-electron chi connectivity index (χ0n) is 15.0. The van der Waals surface area contributed by atoms with Gasteiger partial charge < -0.3 is 15.5 Å². The predicted octanol–water partition coefficient (Wildman–Crippen LogP) is 3.39. The van der Waals surface area contributed by atoms with Crippen molar-refractivity contribution < 1.29 is 0 Å². The molecule has 2 aromatic rings. The normalized spacial score (nSPS) is 20.4. The minimum absolute atomic E-state index is 0.542. The number of nitrogen functional groups attached to an aromatic ring is 1. The molecule has 2 N–H and O–H groups in total. The molecule has 2 aliphatic heterocycles. The minimum atomic E-state index is 0.542. The van der Waals surface area contributed by atoms with E-state index in [1.807, 2.05) is 0 Å². The zero-order chi connectivity index (χ0) is 17.2. The first kappa shape index (κ1) is 16.2. The predicted molar refractivity (Wildman–Crippen MR) is 103 cm³/mol. The van der Waals surface area contributed by atoms with E-state index in [1.165, 1.54) is 30.4 Å². The summed E-state index contributed by atoms with van der Waals surface area (Å²) in [6.07, 6.45) is 7.60. The second-order valence-electron chi connectivity index (χ2n) is 7.13. The van der Waals surface area contributed by atoms with Crippen LogP contribution in [-0.4, -0.2) is 29.1 Å². The number of hydrogen-bond acceptors (Lipinski definition) is 5. The van der Waals surface area contributed by atoms with Crippen molar-refractivity contribution in [3.05, 3.63) is 41.7 Å². The summed E-state index contributed by atoms with van der Waals surface area (Å²) >= 11 is 0. The van der Waals surface area contributed by atoms with Gasteiger partial charge >= 0.3 is 0 Å². The van der Waals surface area contributed by atoms with Gasteiger partial charge in [-0.05, 0) is 43.2 Å². The first-order valence-electron chi connectivity index (χ1n) is 9.46. The standard InChI is InChI=1S/C20H27N5/c1-2-17-9-5-6-11-25(17)20-18(21)19(22-14-23-20)24-12-10-15-7-3-4-8-16(15)13-24/h3-4,7-8,14,17H,2,5-6,9-13,21H2,1H3. The SMILES string of the molecule is CCC1CCCCN1c1ncnc(N2CCc3ccccc3C2)c1N. The Labute approximate surface area is 149 Å². The second kappa shape index (κ2) is 6.90. The van der Waals surface area contributed by atoms with Gasteiger partial charge in [0.25, 0.3) is 0 Å². The Kier molecular flexibility index (Phi) is 4.47. The van der Waals surface area contributed by atoms with Crippen molar-refractivity contribution in [2.45, 2.75) is 51.6 Å². The Morgan fingerprint density at radius 3 is 2.72 bits per heavy atom. The van der Waals surface area contributed by atoms with Gasteiger partial charge in [0.1, 0.15) is 12.0 Å². The summed E-state index contributed by atoms with van der Waals surface area (Å²) in [6, 6.07) is 9.20. The van der Waals surface area contributed by atoms with E-state index in [4.69, 9.17) is 5.73 Å². The van der Waals surface area contributed by atoms with Gasteiger partial charge in [-0.2, -0.15) is 0 Å². The number of fused-ring (bicyclic) bond motifs is 1. The van der Waals surface area contributed by atoms with E-state index in [9.17, 15) is 0 Å². The average Bonchev–Trinajstić information content (AvgIpc) is 2.68. The van der Waals surface area contributed by atoms with Crippen LogP contribution in [0.2, 0.25) is 0 Å². The Balaban J connectivity index is 1.64. The molecule has 1 aromatic carbocycles. The Morgan fingerprint density at radius 1 is 1.08 bits per heavy atom. The third-order valence-corrected chi connectivity index (χ3v) is 5.64. The van der Waals surface area contributed by atoms with Gasteiger partial charge in [-0.25, -0.2) is 9.97 Å². The highest BCUT2D eigenvalue weighted by atomic mass is 15.3. The highest BCUT2D eigenvalue weighted by Crippen LogP contribution is 2.35. The minimum Gasteiger partial charge on any atom is -0.393 e. The van der Waals surface area contributed by atoms with Crippen LogP contribution in [-0.2, 0) is 13.0 Å². The molecule has 1 fully saturated rings. The molecule has 1 saturated heterocycles. The molecule has 1 atom stereocenters. The highest BCUT2D eigenvalue weighted by Gasteiger charge is 2.27. The molecule has 0 saturated carbocycles. The van der Waals surface area contributed by atoms with Crippen molar-refractivity contribution in [3.63, 3.8) is 0 Å². The summed E-state index contributed by atoms with van der Waals surface area (Å²) in [7, 11) is 0.